The smallest absolute Gasteiger partial charge is 0.319 e. The van der Waals surface area contributed by atoms with Gasteiger partial charge in [0, 0.05) is 10.7 Å². The number of Topliss-reactive ketones (excluding diaryl/α,β-unsaturated/α-hetero) is 1. The van der Waals surface area contributed by atoms with Gasteiger partial charge in [-0.1, -0.05) is 41.9 Å². The van der Waals surface area contributed by atoms with Crippen molar-refractivity contribution in [3.8, 4) is 0 Å². The highest BCUT2D eigenvalue weighted by Crippen LogP contribution is 2.40. The van der Waals surface area contributed by atoms with Gasteiger partial charge in [-0.3, -0.25) is 19.3 Å². The monoisotopic (exact) mass is 357 g/mol. The molecule has 1 aliphatic rings. The van der Waals surface area contributed by atoms with Crippen LogP contribution in [0.15, 0.2) is 54.6 Å². The average Bonchev–Trinajstić information content (AvgIpc) is 2.88. The quantitative estimate of drug-likeness (QED) is 0.479. The van der Waals surface area contributed by atoms with E-state index in [0.717, 1.165) is 0 Å². The van der Waals surface area contributed by atoms with Crippen LogP contribution in [0.1, 0.15) is 18.5 Å². The van der Waals surface area contributed by atoms with Crippen LogP contribution in [0.4, 0.5) is 5.69 Å². The molecular weight excluding hydrogens is 342 g/mol. The number of halogens is 1. The van der Waals surface area contributed by atoms with E-state index in [-0.39, 0.29) is 6.61 Å². The Morgan fingerprint density at radius 2 is 1.72 bits per heavy atom. The number of ether oxygens (including phenoxy) is 1. The lowest BCUT2D eigenvalue weighted by Crippen LogP contribution is -2.31. The molecule has 6 heteroatoms. The standard InChI is InChI=1S/C19H16ClNO4/c1-2-25-19(24)15-16(12-6-4-3-5-7-12)21(18(23)17(15)22)14-10-8-13(20)9-11-14/h3-11,15-16H,2H2,1H3/t15-,16-/m1/s1. The molecule has 3 rings (SSSR count). The summed E-state index contributed by atoms with van der Waals surface area (Å²) in [6.07, 6.45) is 0. The number of ketones is 1. The molecule has 2 aromatic carbocycles. The minimum absolute atomic E-state index is 0.138. The molecule has 0 radical (unpaired) electrons. The number of hydrogen-bond acceptors (Lipinski definition) is 4. The van der Waals surface area contributed by atoms with Crippen LogP contribution in [-0.4, -0.2) is 24.3 Å². The summed E-state index contributed by atoms with van der Waals surface area (Å²) >= 11 is 5.91. The second kappa shape index (κ2) is 7.07. The molecule has 0 saturated carbocycles. The minimum atomic E-state index is -1.19. The molecule has 0 unspecified atom stereocenters. The van der Waals surface area contributed by atoms with Crippen molar-refractivity contribution in [2.75, 3.05) is 11.5 Å². The number of carbonyl (C=O) groups excluding carboxylic acids is 3. The van der Waals surface area contributed by atoms with Gasteiger partial charge >= 0.3 is 5.97 Å². The maximum atomic E-state index is 12.6. The number of nitrogens with zero attached hydrogens (tertiary/aromatic N) is 1. The van der Waals surface area contributed by atoms with Crippen LogP contribution in [-0.2, 0) is 19.1 Å². The van der Waals surface area contributed by atoms with Gasteiger partial charge in [0.05, 0.1) is 12.6 Å². The van der Waals surface area contributed by atoms with E-state index in [0.29, 0.717) is 16.3 Å². The molecule has 1 aliphatic heterocycles. The first-order chi connectivity index (χ1) is 12.0. The van der Waals surface area contributed by atoms with Gasteiger partial charge in [-0.2, -0.15) is 0 Å². The summed E-state index contributed by atoms with van der Waals surface area (Å²) in [7, 11) is 0. The first kappa shape index (κ1) is 17.2. The van der Waals surface area contributed by atoms with Crippen molar-refractivity contribution < 1.29 is 19.1 Å². The summed E-state index contributed by atoms with van der Waals surface area (Å²) in [5.74, 6) is -3.37. The zero-order chi connectivity index (χ0) is 18.0. The van der Waals surface area contributed by atoms with E-state index < -0.39 is 29.6 Å². The maximum Gasteiger partial charge on any atom is 0.319 e. The number of carbonyl (C=O) groups is 3. The van der Waals surface area contributed by atoms with Crippen molar-refractivity contribution in [2.24, 2.45) is 5.92 Å². The van der Waals surface area contributed by atoms with Gasteiger partial charge in [0.1, 0.15) is 5.92 Å². The van der Waals surface area contributed by atoms with E-state index in [1.807, 2.05) is 6.07 Å². The van der Waals surface area contributed by atoms with Crippen LogP contribution in [0.3, 0.4) is 0 Å². The van der Waals surface area contributed by atoms with E-state index >= 15 is 0 Å². The molecule has 2 atom stereocenters. The van der Waals surface area contributed by atoms with Gasteiger partial charge in [-0.15, -0.1) is 0 Å². The molecule has 1 fully saturated rings. The van der Waals surface area contributed by atoms with E-state index in [9.17, 15) is 14.4 Å². The lowest BCUT2D eigenvalue weighted by atomic mass is 9.93. The Bertz CT molecular complexity index is 804. The van der Waals surface area contributed by atoms with Crippen molar-refractivity contribution in [1.29, 1.82) is 0 Å². The maximum absolute atomic E-state index is 12.6. The van der Waals surface area contributed by atoms with Crippen molar-refractivity contribution in [3.05, 3.63) is 65.2 Å². The van der Waals surface area contributed by atoms with Crippen molar-refractivity contribution in [2.45, 2.75) is 13.0 Å². The molecule has 1 heterocycles. The van der Waals surface area contributed by atoms with Crippen LogP contribution in [0.2, 0.25) is 5.02 Å². The topological polar surface area (TPSA) is 63.7 Å². The first-order valence-electron chi connectivity index (χ1n) is 7.89. The molecular formula is C19H16ClNO4. The molecule has 0 N–H and O–H groups in total. The Morgan fingerprint density at radius 3 is 2.32 bits per heavy atom. The van der Waals surface area contributed by atoms with Crippen LogP contribution in [0.5, 0.6) is 0 Å². The third-order valence-electron chi connectivity index (χ3n) is 4.09. The van der Waals surface area contributed by atoms with E-state index in [4.69, 9.17) is 16.3 Å². The second-order valence-corrected chi connectivity index (χ2v) is 6.04. The van der Waals surface area contributed by atoms with Gasteiger partial charge in [0.25, 0.3) is 5.91 Å². The Hall–Kier alpha value is -2.66. The van der Waals surface area contributed by atoms with Crippen LogP contribution in [0.25, 0.3) is 0 Å². The summed E-state index contributed by atoms with van der Waals surface area (Å²) in [6.45, 7) is 1.80. The van der Waals surface area contributed by atoms with E-state index in [1.165, 1.54) is 4.90 Å². The Balaban J connectivity index is 2.11. The summed E-state index contributed by atoms with van der Waals surface area (Å²) in [6, 6.07) is 14.8. The third-order valence-corrected chi connectivity index (χ3v) is 4.34. The normalized spacial score (nSPS) is 20.0. The Labute approximate surface area is 150 Å². The summed E-state index contributed by atoms with van der Waals surface area (Å²) in [5.41, 5.74) is 1.19. The second-order valence-electron chi connectivity index (χ2n) is 5.60. The Kier molecular flexibility index (Phi) is 4.86. The van der Waals surface area contributed by atoms with E-state index in [2.05, 4.69) is 0 Å². The molecule has 0 spiro atoms. The molecule has 1 amide bonds. The average molecular weight is 358 g/mol. The fourth-order valence-corrected chi connectivity index (χ4v) is 3.14. The molecule has 25 heavy (non-hydrogen) atoms. The van der Waals surface area contributed by atoms with Crippen molar-refractivity contribution in [1.82, 2.24) is 0 Å². The predicted octanol–water partition coefficient (Wildman–Crippen LogP) is 3.18. The zero-order valence-electron chi connectivity index (χ0n) is 13.5. The van der Waals surface area contributed by atoms with Gasteiger partial charge in [-0.25, -0.2) is 0 Å². The highest BCUT2D eigenvalue weighted by atomic mass is 35.5. The van der Waals surface area contributed by atoms with Crippen LogP contribution in [0, 0.1) is 5.92 Å². The van der Waals surface area contributed by atoms with Crippen LogP contribution >= 0.6 is 11.6 Å². The lowest BCUT2D eigenvalue weighted by Gasteiger charge is -2.27. The summed E-state index contributed by atoms with van der Waals surface area (Å²) in [4.78, 5) is 38.9. The molecule has 5 nitrogen and oxygen atoms in total. The number of rotatable bonds is 4. The van der Waals surface area contributed by atoms with Crippen molar-refractivity contribution >= 4 is 34.9 Å². The van der Waals surface area contributed by atoms with Gasteiger partial charge in [0.15, 0.2) is 0 Å². The number of anilines is 1. The number of esters is 1. The number of amides is 1. The van der Waals surface area contributed by atoms with Crippen LogP contribution < -0.4 is 4.90 Å². The molecule has 0 aliphatic carbocycles. The van der Waals surface area contributed by atoms with E-state index in [1.54, 1.807) is 55.5 Å². The highest BCUT2D eigenvalue weighted by molar-refractivity contribution is 6.47. The fourth-order valence-electron chi connectivity index (χ4n) is 3.01. The van der Waals surface area contributed by atoms with Gasteiger partial charge in [-0.05, 0) is 36.8 Å². The Morgan fingerprint density at radius 1 is 1.08 bits per heavy atom. The SMILES string of the molecule is CCOC(=O)[C@H]1C(=O)C(=O)N(c2ccc(Cl)cc2)[C@@H]1c1ccccc1. The lowest BCUT2D eigenvalue weighted by molar-refractivity contribution is -0.152. The number of benzene rings is 2. The molecule has 128 valence electrons. The number of hydrogen-bond donors (Lipinski definition) is 0. The largest absolute Gasteiger partial charge is 0.465 e. The third kappa shape index (κ3) is 3.15. The van der Waals surface area contributed by atoms with Crippen molar-refractivity contribution in [3.63, 3.8) is 0 Å². The zero-order valence-corrected chi connectivity index (χ0v) is 14.3. The van der Waals surface area contributed by atoms with Gasteiger partial charge in [0.2, 0.25) is 5.78 Å². The molecule has 2 aromatic rings. The highest BCUT2D eigenvalue weighted by Gasteiger charge is 2.53. The first-order valence-corrected chi connectivity index (χ1v) is 8.27. The molecule has 1 saturated heterocycles. The van der Waals surface area contributed by atoms with Gasteiger partial charge < -0.3 is 4.74 Å². The molecule has 0 bridgehead atoms. The summed E-state index contributed by atoms with van der Waals surface area (Å²) < 4.78 is 5.04. The molecule has 0 aromatic heterocycles. The fraction of sp³-hybridized carbons (Fsp3) is 0.211. The predicted molar refractivity (Wildman–Crippen MR) is 93.3 cm³/mol. The summed E-state index contributed by atoms with van der Waals surface area (Å²) in [5, 5.41) is 0.514. The minimum Gasteiger partial charge on any atom is -0.465 e.